The van der Waals surface area contributed by atoms with Crippen molar-refractivity contribution in [3.8, 4) is 0 Å². The van der Waals surface area contributed by atoms with Gasteiger partial charge in [-0.15, -0.1) is 0 Å². The minimum absolute atomic E-state index is 0.198. The molecule has 0 bridgehead atoms. The standard InChI is InChI=1S/C12H28N2O/c1-7-12(8-2,14(5)6)11(13-4)10-15-9-3/h11,13H,7-10H2,1-6H3. The summed E-state index contributed by atoms with van der Waals surface area (Å²) in [6, 6.07) is 0.391. The van der Waals surface area contributed by atoms with Crippen LogP contribution in [0.15, 0.2) is 0 Å². The quantitative estimate of drug-likeness (QED) is 0.669. The molecule has 1 atom stereocenters. The predicted octanol–water partition coefficient (Wildman–Crippen LogP) is 1.73. The SMILES string of the molecule is CCOCC(NC)C(CC)(CC)N(C)C. The zero-order chi connectivity index (χ0) is 11.9. The van der Waals surface area contributed by atoms with Gasteiger partial charge in [0.25, 0.3) is 0 Å². The third-order valence-electron chi connectivity index (χ3n) is 3.60. The summed E-state index contributed by atoms with van der Waals surface area (Å²) in [6.45, 7) is 8.11. The lowest BCUT2D eigenvalue weighted by molar-refractivity contribution is 0.0312. The molecule has 0 fully saturated rings. The topological polar surface area (TPSA) is 24.5 Å². The van der Waals surface area contributed by atoms with Gasteiger partial charge in [-0.25, -0.2) is 0 Å². The van der Waals surface area contributed by atoms with Gasteiger partial charge in [-0.1, -0.05) is 13.8 Å². The summed E-state index contributed by atoms with van der Waals surface area (Å²) in [5, 5.41) is 3.39. The summed E-state index contributed by atoms with van der Waals surface area (Å²) in [7, 11) is 6.33. The molecule has 0 aromatic carbocycles. The molecule has 0 aliphatic carbocycles. The molecule has 15 heavy (non-hydrogen) atoms. The average Bonchev–Trinajstić information content (AvgIpc) is 2.24. The van der Waals surface area contributed by atoms with Crippen LogP contribution in [0.2, 0.25) is 0 Å². The van der Waals surface area contributed by atoms with Crippen molar-refractivity contribution in [2.45, 2.75) is 45.2 Å². The molecule has 0 aromatic rings. The van der Waals surface area contributed by atoms with E-state index in [0.29, 0.717) is 6.04 Å². The second-order valence-electron chi connectivity index (χ2n) is 4.21. The summed E-state index contributed by atoms with van der Waals surface area (Å²) < 4.78 is 5.56. The van der Waals surface area contributed by atoms with Gasteiger partial charge in [-0.3, -0.25) is 0 Å². The Kier molecular flexibility index (Phi) is 7.14. The highest BCUT2D eigenvalue weighted by Gasteiger charge is 2.36. The van der Waals surface area contributed by atoms with Crippen molar-refractivity contribution in [1.82, 2.24) is 10.2 Å². The van der Waals surface area contributed by atoms with Crippen LogP contribution in [0.5, 0.6) is 0 Å². The maximum absolute atomic E-state index is 5.56. The fourth-order valence-corrected chi connectivity index (χ4v) is 2.43. The van der Waals surface area contributed by atoms with Crippen LogP contribution >= 0.6 is 0 Å². The highest BCUT2D eigenvalue weighted by molar-refractivity contribution is 4.96. The van der Waals surface area contributed by atoms with E-state index >= 15 is 0 Å². The monoisotopic (exact) mass is 216 g/mol. The first-order valence-electron chi connectivity index (χ1n) is 6.01. The maximum Gasteiger partial charge on any atom is 0.0637 e. The Hall–Kier alpha value is -0.120. The third kappa shape index (κ3) is 3.44. The van der Waals surface area contributed by atoms with Gasteiger partial charge in [0.1, 0.15) is 0 Å². The van der Waals surface area contributed by atoms with E-state index in [4.69, 9.17) is 4.74 Å². The lowest BCUT2D eigenvalue weighted by Crippen LogP contribution is -2.59. The van der Waals surface area contributed by atoms with Gasteiger partial charge >= 0.3 is 0 Å². The highest BCUT2D eigenvalue weighted by Crippen LogP contribution is 2.25. The van der Waals surface area contributed by atoms with Gasteiger partial charge in [0, 0.05) is 18.2 Å². The van der Waals surface area contributed by atoms with Gasteiger partial charge in [0.05, 0.1) is 6.61 Å². The third-order valence-corrected chi connectivity index (χ3v) is 3.60. The molecule has 3 nitrogen and oxygen atoms in total. The van der Waals surface area contributed by atoms with Crippen LogP contribution in [-0.2, 0) is 4.74 Å². The molecule has 0 saturated carbocycles. The molecule has 1 N–H and O–H groups in total. The summed E-state index contributed by atoms with van der Waals surface area (Å²) >= 11 is 0. The Morgan fingerprint density at radius 1 is 1.20 bits per heavy atom. The zero-order valence-electron chi connectivity index (χ0n) is 11.3. The molecule has 0 rings (SSSR count). The largest absolute Gasteiger partial charge is 0.380 e. The molecular formula is C12H28N2O. The smallest absolute Gasteiger partial charge is 0.0637 e. The van der Waals surface area contributed by atoms with Crippen LogP contribution in [0.3, 0.4) is 0 Å². The lowest BCUT2D eigenvalue weighted by atomic mass is 9.83. The number of hydrogen-bond donors (Lipinski definition) is 1. The Bertz CT molecular complexity index is 156. The van der Waals surface area contributed by atoms with Crippen molar-refractivity contribution in [1.29, 1.82) is 0 Å². The molecular weight excluding hydrogens is 188 g/mol. The van der Waals surface area contributed by atoms with Crippen LogP contribution in [0.1, 0.15) is 33.6 Å². The Labute approximate surface area is 95.2 Å². The van der Waals surface area contributed by atoms with Crippen molar-refractivity contribution in [2.24, 2.45) is 0 Å². The van der Waals surface area contributed by atoms with E-state index in [1.54, 1.807) is 0 Å². The molecule has 0 aliphatic rings. The molecule has 0 saturated heterocycles. The van der Waals surface area contributed by atoms with Crippen molar-refractivity contribution < 1.29 is 4.74 Å². The first-order chi connectivity index (χ1) is 7.08. The van der Waals surface area contributed by atoms with Gasteiger partial charge in [0.15, 0.2) is 0 Å². The van der Waals surface area contributed by atoms with Crippen molar-refractivity contribution in [3.63, 3.8) is 0 Å². The predicted molar refractivity (Wildman–Crippen MR) is 66.3 cm³/mol. The van der Waals surface area contributed by atoms with Crippen molar-refractivity contribution in [2.75, 3.05) is 34.4 Å². The van der Waals surface area contributed by atoms with Crippen LogP contribution in [0.4, 0.5) is 0 Å². The maximum atomic E-state index is 5.56. The first kappa shape index (κ1) is 14.9. The fraction of sp³-hybridized carbons (Fsp3) is 1.00. The number of rotatable bonds is 8. The van der Waals surface area contributed by atoms with E-state index < -0.39 is 0 Å². The van der Waals surface area contributed by atoms with E-state index in [-0.39, 0.29) is 5.54 Å². The number of likely N-dealkylation sites (N-methyl/N-ethyl adjacent to an activating group) is 2. The summed E-state index contributed by atoms with van der Waals surface area (Å²) in [5.41, 5.74) is 0.198. The van der Waals surface area contributed by atoms with Crippen LogP contribution < -0.4 is 5.32 Å². The van der Waals surface area contributed by atoms with Crippen LogP contribution in [0.25, 0.3) is 0 Å². The summed E-state index contributed by atoms with van der Waals surface area (Å²) in [6.07, 6.45) is 2.27. The number of nitrogens with zero attached hydrogens (tertiary/aromatic N) is 1. The van der Waals surface area contributed by atoms with E-state index in [1.165, 1.54) is 0 Å². The summed E-state index contributed by atoms with van der Waals surface area (Å²) in [5.74, 6) is 0. The number of hydrogen-bond acceptors (Lipinski definition) is 3. The second kappa shape index (κ2) is 7.20. The van der Waals surface area contributed by atoms with Crippen molar-refractivity contribution >= 4 is 0 Å². The molecule has 0 amide bonds. The van der Waals surface area contributed by atoms with Gasteiger partial charge in [-0.2, -0.15) is 0 Å². The minimum atomic E-state index is 0.198. The Morgan fingerprint density at radius 3 is 2.00 bits per heavy atom. The molecule has 0 heterocycles. The van der Waals surface area contributed by atoms with Crippen molar-refractivity contribution in [3.05, 3.63) is 0 Å². The minimum Gasteiger partial charge on any atom is -0.380 e. The normalized spacial score (nSPS) is 14.6. The summed E-state index contributed by atoms with van der Waals surface area (Å²) in [4.78, 5) is 2.33. The second-order valence-corrected chi connectivity index (χ2v) is 4.21. The zero-order valence-corrected chi connectivity index (χ0v) is 11.3. The van der Waals surface area contributed by atoms with E-state index in [1.807, 2.05) is 14.0 Å². The molecule has 92 valence electrons. The molecule has 0 aromatic heterocycles. The average molecular weight is 216 g/mol. The highest BCUT2D eigenvalue weighted by atomic mass is 16.5. The van der Waals surface area contributed by atoms with Gasteiger partial charge < -0.3 is 15.0 Å². The molecule has 1 unspecified atom stereocenters. The fourth-order valence-electron chi connectivity index (χ4n) is 2.43. The van der Waals surface area contributed by atoms with Gasteiger partial charge in [0.2, 0.25) is 0 Å². The Balaban J connectivity index is 4.67. The van der Waals surface area contributed by atoms with Crippen LogP contribution in [0, 0.1) is 0 Å². The van der Waals surface area contributed by atoms with E-state index in [2.05, 4.69) is 38.2 Å². The molecule has 0 spiro atoms. The Morgan fingerprint density at radius 2 is 1.73 bits per heavy atom. The number of nitrogens with one attached hydrogen (secondary N) is 1. The first-order valence-corrected chi connectivity index (χ1v) is 6.01. The van der Waals surface area contributed by atoms with E-state index in [0.717, 1.165) is 26.1 Å². The molecule has 0 radical (unpaired) electrons. The lowest BCUT2D eigenvalue weighted by Gasteiger charge is -2.45. The number of ether oxygens (including phenoxy) is 1. The van der Waals surface area contributed by atoms with E-state index in [9.17, 15) is 0 Å². The van der Waals surface area contributed by atoms with Gasteiger partial charge in [-0.05, 0) is 40.9 Å². The van der Waals surface area contributed by atoms with Crippen LogP contribution in [-0.4, -0.2) is 50.8 Å². The molecule has 0 aliphatic heterocycles. The molecule has 3 heteroatoms.